The summed E-state index contributed by atoms with van der Waals surface area (Å²) in [5, 5.41) is 22.8. The smallest absolute Gasteiger partial charge is 0.394 e. The number of aliphatic hydroxyl groups excluding tert-OH is 1. The molecule has 0 aromatic heterocycles. The Kier molecular flexibility index (Phi) is 21.1. The van der Waals surface area contributed by atoms with Crippen molar-refractivity contribution in [2.45, 2.75) is 20.0 Å². The average molecular weight is 161 g/mol. The summed E-state index contributed by atoms with van der Waals surface area (Å²) in [6.45, 7) is 3.44. The minimum Gasteiger partial charge on any atom is -0.394 e. The summed E-state index contributed by atoms with van der Waals surface area (Å²) >= 11 is 0. The molecule has 50 valence electrons. The van der Waals surface area contributed by atoms with Gasteiger partial charge in [0.25, 0.3) is 0 Å². The van der Waals surface area contributed by atoms with Gasteiger partial charge in [0.05, 0.1) is 5.09 Å². The van der Waals surface area contributed by atoms with Crippen molar-refractivity contribution >= 4 is 0 Å². The van der Waals surface area contributed by atoms with Gasteiger partial charge in [0, 0.05) is 6.10 Å². The number of hydrogen-bond acceptors (Lipinski definition) is 4. The average Bonchev–Trinajstić information content (AvgIpc) is 1.25. The van der Waals surface area contributed by atoms with Gasteiger partial charge in [-0.05, 0) is 13.8 Å². The topological polar surface area (TPSA) is 86.4 Å². The zero-order chi connectivity index (χ0) is 7.15. The van der Waals surface area contributed by atoms with Crippen LogP contribution in [-0.4, -0.2) is 16.3 Å². The van der Waals surface area contributed by atoms with E-state index in [-0.39, 0.29) is 57.5 Å². The molecule has 0 amide bonds. The van der Waals surface area contributed by atoms with E-state index in [0.29, 0.717) is 0 Å². The van der Waals surface area contributed by atoms with Gasteiger partial charge in [-0.15, -0.1) is 0 Å². The van der Waals surface area contributed by atoms with Crippen LogP contribution in [0.3, 0.4) is 0 Å². The number of rotatable bonds is 0. The third kappa shape index (κ3) is 641. The SMILES string of the molecule is CC(C)O.O=[N+]([O-])[O-].[K+]. The van der Waals surface area contributed by atoms with Gasteiger partial charge in [0.1, 0.15) is 0 Å². The molecule has 6 heteroatoms. The van der Waals surface area contributed by atoms with E-state index in [1.807, 2.05) is 0 Å². The third-order valence-corrected chi connectivity index (χ3v) is 0. The van der Waals surface area contributed by atoms with Crippen LogP contribution >= 0.6 is 0 Å². The molecule has 0 atom stereocenters. The van der Waals surface area contributed by atoms with Crippen molar-refractivity contribution < 1.29 is 61.6 Å². The predicted octanol–water partition coefficient (Wildman–Crippen LogP) is -2.85. The van der Waals surface area contributed by atoms with Gasteiger partial charge in [0.2, 0.25) is 0 Å². The minimum atomic E-state index is -1.75. The minimum absolute atomic E-state index is 0. The van der Waals surface area contributed by atoms with Gasteiger partial charge >= 0.3 is 51.4 Å². The number of nitrogens with zero attached hydrogens (tertiary/aromatic N) is 1. The summed E-state index contributed by atoms with van der Waals surface area (Å²) in [6, 6.07) is 0. The fourth-order valence-electron chi connectivity index (χ4n) is 0. The maximum atomic E-state index is 8.25. The van der Waals surface area contributed by atoms with Crippen LogP contribution in [-0.2, 0) is 0 Å². The number of hydrogen-bond donors (Lipinski definition) is 1. The van der Waals surface area contributed by atoms with Crippen LogP contribution in [0.1, 0.15) is 13.8 Å². The molecule has 0 bridgehead atoms. The van der Waals surface area contributed by atoms with Gasteiger partial charge in [-0.25, -0.2) is 0 Å². The third-order valence-electron chi connectivity index (χ3n) is 0. The van der Waals surface area contributed by atoms with Crippen molar-refractivity contribution in [1.29, 1.82) is 0 Å². The summed E-state index contributed by atoms with van der Waals surface area (Å²) < 4.78 is 0. The summed E-state index contributed by atoms with van der Waals surface area (Å²) in [4.78, 5) is 8.25. The quantitative estimate of drug-likeness (QED) is 0.235. The summed E-state index contributed by atoms with van der Waals surface area (Å²) in [6.07, 6.45) is -0.167. The van der Waals surface area contributed by atoms with E-state index in [0.717, 1.165) is 0 Å². The molecule has 0 aromatic rings. The Morgan fingerprint density at radius 3 is 1.44 bits per heavy atom. The molecule has 0 fully saturated rings. The van der Waals surface area contributed by atoms with E-state index in [2.05, 4.69) is 0 Å². The second-order valence-electron chi connectivity index (χ2n) is 1.32. The first-order valence-corrected chi connectivity index (χ1v) is 1.96. The first kappa shape index (κ1) is 16.4. The monoisotopic (exact) mass is 161 g/mol. The van der Waals surface area contributed by atoms with Crippen molar-refractivity contribution in [1.82, 2.24) is 0 Å². The van der Waals surface area contributed by atoms with Crippen LogP contribution in [0.5, 0.6) is 0 Å². The van der Waals surface area contributed by atoms with E-state index in [4.69, 9.17) is 20.4 Å². The maximum Gasteiger partial charge on any atom is 1.00 e. The fourth-order valence-corrected chi connectivity index (χ4v) is 0. The van der Waals surface area contributed by atoms with E-state index in [1.54, 1.807) is 13.8 Å². The summed E-state index contributed by atoms with van der Waals surface area (Å²) in [5.74, 6) is 0. The van der Waals surface area contributed by atoms with Crippen LogP contribution in [0, 0.1) is 15.3 Å². The number of aliphatic hydroxyl groups is 1. The largest absolute Gasteiger partial charge is 1.00 e. The molecule has 0 aromatic carbocycles. The van der Waals surface area contributed by atoms with Gasteiger partial charge in [-0.2, -0.15) is 0 Å². The first-order chi connectivity index (χ1) is 3.46. The Morgan fingerprint density at radius 2 is 1.44 bits per heavy atom. The van der Waals surface area contributed by atoms with Gasteiger partial charge in [-0.3, -0.25) is 0 Å². The summed E-state index contributed by atoms with van der Waals surface area (Å²) in [5.41, 5.74) is 0. The zero-order valence-corrected chi connectivity index (χ0v) is 8.82. The molecule has 9 heavy (non-hydrogen) atoms. The van der Waals surface area contributed by atoms with Crippen molar-refractivity contribution in [3.05, 3.63) is 15.3 Å². The Balaban J connectivity index is -0.0000000720. The van der Waals surface area contributed by atoms with Gasteiger partial charge in [0.15, 0.2) is 0 Å². The Labute approximate surface area is 95.6 Å². The molecule has 0 saturated carbocycles. The second kappa shape index (κ2) is 11.6. The second-order valence-corrected chi connectivity index (χ2v) is 1.32. The van der Waals surface area contributed by atoms with Crippen LogP contribution in [0.2, 0.25) is 0 Å². The summed E-state index contributed by atoms with van der Waals surface area (Å²) in [7, 11) is 0. The van der Waals surface area contributed by atoms with E-state index in [9.17, 15) is 0 Å². The normalized spacial score (nSPS) is 6.67. The van der Waals surface area contributed by atoms with Crippen molar-refractivity contribution in [3.63, 3.8) is 0 Å². The molecule has 0 heterocycles. The molecule has 0 radical (unpaired) electrons. The molecule has 0 aliphatic heterocycles. The van der Waals surface area contributed by atoms with Gasteiger partial charge < -0.3 is 20.4 Å². The molecule has 0 aliphatic carbocycles. The molecule has 0 saturated heterocycles. The molecule has 1 N–H and O–H groups in total. The van der Waals surface area contributed by atoms with Crippen LogP contribution in [0.4, 0.5) is 0 Å². The van der Waals surface area contributed by atoms with Crippen LogP contribution in [0.15, 0.2) is 0 Å². The maximum absolute atomic E-state index is 8.25. The molecule has 0 aliphatic rings. The predicted molar refractivity (Wildman–Crippen MR) is 27.7 cm³/mol. The Hall–Kier alpha value is 0.796. The molecular formula is C3H8KNO4. The van der Waals surface area contributed by atoms with E-state index in [1.165, 1.54) is 0 Å². The van der Waals surface area contributed by atoms with Crippen LogP contribution < -0.4 is 51.4 Å². The standard InChI is InChI=1S/C3H8O.K.NO3/c1-3(2)4;;2-1(3)4/h3-4H,1-2H3;;/q;+1;-1. The Morgan fingerprint density at radius 1 is 1.44 bits per heavy atom. The molecule has 0 rings (SSSR count). The van der Waals surface area contributed by atoms with Crippen molar-refractivity contribution in [2.24, 2.45) is 0 Å². The first-order valence-electron chi connectivity index (χ1n) is 1.96. The zero-order valence-electron chi connectivity index (χ0n) is 5.70. The van der Waals surface area contributed by atoms with E-state index < -0.39 is 5.09 Å². The fraction of sp³-hybridized carbons (Fsp3) is 1.00. The van der Waals surface area contributed by atoms with Crippen LogP contribution in [0.25, 0.3) is 0 Å². The molecular weight excluding hydrogens is 153 g/mol. The van der Waals surface area contributed by atoms with Crippen molar-refractivity contribution in [3.8, 4) is 0 Å². The van der Waals surface area contributed by atoms with E-state index >= 15 is 0 Å². The molecule has 0 unspecified atom stereocenters. The Bertz CT molecular complexity index is 60.1. The van der Waals surface area contributed by atoms with Crippen molar-refractivity contribution in [2.75, 3.05) is 0 Å². The molecule has 5 nitrogen and oxygen atoms in total. The van der Waals surface area contributed by atoms with Gasteiger partial charge in [-0.1, -0.05) is 0 Å². The molecule has 0 spiro atoms.